The van der Waals surface area contributed by atoms with Gasteiger partial charge in [-0.3, -0.25) is 4.79 Å². The molecule has 0 aliphatic rings. The summed E-state index contributed by atoms with van der Waals surface area (Å²) in [6.07, 6.45) is 1.75. The number of hydrogen-bond acceptors (Lipinski definition) is 2. The average Bonchev–Trinajstić information content (AvgIpc) is 2.31. The van der Waals surface area contributed by atoms with Crippen molar-refractivity contribution in [1.82, 2.24) is 0 Å². The van der Waals surface area contributed by atoms with E-state index >= 15 is 0 Å². The van der Waals surface area contributed by atoms with Gasteiger partial charge in [0.1, 0.15) is 0 Å². The van der Waals surface area contributed by atoms with E-state index in [9.17, 15) is 4.79 Å². The topological polar surface area (TPSA) is 55.1 Å². The smallest absolute Gasteiger partial charge is 0.227 e. The Morgan fingerprint density at radius 1 is 1.24 bits per heavy atom. The minimum Gasteiger partial charge on any atom is -0.326 e. The van der Waals surface area contributed by atoms with Crippen molar-refractivity contribution in [2.45, 2.75) is 39.7 Å². The molecule has 1 amide bonds. The van der Waals surface area contributed by atoms with Crippen LogP contribution in [0.15, 0.2) is 24.3 Å². The van der Waals surface area contributed by atoms with Crippen LogP contribution in [0.1, 0.15) is 45.2 Å². The fourth-order valence-corrected chi connectivity index (χ4v) is 1.77. The van der Waals surface area contributed by atoms with Gasteiger partial charge in [0.15, 0.2) is 0 Å². The first-order valence-electron chi connectivity index (χ1n) is 6.24. The third kappa shape index (κ3) is 3.86. The van der Waals surface area contributed by atoms with Crippen LogP contribution >= 0.6 is 0 Å². The van der Waals surface area contributed by atoms with E-state index in [1.807, 2.05) is 45.0 Å². The molecule has 0 saturated carbocycles. The second-order valence-corrected chi connectivity index (χ2v) is 4.41. The molecule has 0 fully saturated rings. The molecule has 3 heteroatoms. The average molecular weight is 234 g/mol. The molecule has 94 valence electrons. The van der Waals surface area contributed by atoms with Crippen LogP contribution in [0, 0.1) is 5.92 Å². The summed E-state index contributed by atoms with van der Waals surface area (Å²) in [6, 6.07) is 7.73. The van der Waals surface area contributed by atoms with Gasteiger partial charge in [0, 0.05) is 17.6 Å². The van der Waals surface area contributed by atoms with Crippen LogP contribution in [0.25, 0.3) is 0 Å². The molecule has 3 nitrogen and oxygen atoms in total. The van der Waals surface area contributed by atoms with Crippen LogP contribution in [0.3, 0.4) is 0 Å². The van der Waals surface area contributed by atoms with E-state index in [4.69, 9.17) is 5.73 Å². The van der Waals surface area contributed by atoms with Crippen molar-refractivity contribution in [3.05, 3.63) is 29.8 Å². The van der Waals surface area contributed by atoms with E-state index in [1.54, 1.807) is 0 Å². The Kier molecular flexibility index (Phi) is 5.16. The summed E-state index contributed by atoms with van der Waals surface area (Å²) in [5.74, 6) is 0.201. The lowest BCUT2D eigenvalue weighted by Crippen LogP contribution is -2.21. The highest BCUT2D eigenvalue weighted by Crippen LogP contribution is 2.16. The fourth-order valence-electron chi connectivity index (χ4n) is 1.77. The standard InChI is InChI=1S/C14H22N2O/c1-4-11(5-2)14(17)16-13-8-6-12(7-9-13)10(3)15/h6-11H,4-5,15H2,1-3H3,(H,16,17). The molecular weight excluding hydrogens is 212 g/mol. The Balaban J connectivity index is 2.66. The maximum Gasteiger partial charge on any atom is 0.227 e. The molecule has 0 aromatic heterocycles. The van der Waals surface area contributed by atoms with Crippen LogP contribution in [0.5, 0.6) is 0 Å². The largest absolute Gasteiger partial charge is 0.326 e. The molecule has 0 saturated heterocycles. The van der Waals surface area contributed by atoms with E-state index in [1.165, 1.54) is 0 Å². The summed E-state index contributed by atoms with van der Waals surface area (Å²) in [5, 5.41) is 2.93. The van der Waals surface area contributed by atoms with Crippen molar-refractivity contribution in [2.75, 3.05) is 5.32 Å². The SMILES string of the molecule is CCC(CC)C(=O)Nc1ccc(C(C)N)cc1. The van der Waals surface area contributed by atoms with Crippen molar-refractivity contribution >= 4 is 11.6 Å². The van der Waals surface area contributed by atoms with Gasteiger partial charge in [-0.2, -0.15) is 0 Å². The number of carbonyl (C=O) groups is 1. The highest BCUT2D eigenvalue weighted by Gasteiger charge is 2.13. The van der Waals surface area contributed by atoms with Gasteiger partial charge in [-0.15, -0.1) is 0 Å². The van der Waals surface area contributed by atoms with Gasteiger partial charge < -0.3 is 11.1 Å². The van der Waals surface area contributed by atoms with Gasteiger partial charge in [0.05, 0.1) is 0 Å². The predicted molar refractivity (Wildman–Crippen MR) is 71.7 cm³/mol. The summed E-state index contributed by atoms with van der Waals surface area (Å²) in [4.78, 5) is 11.9. The number of nitrogens with one attached hydrogen (secondary N) is 1. The molecule has 1 rings (SSSR count). The van der Waals surface area contributed by atoms with Gasteiger partial charge in [0.25, 0.3) is 0 Å². The van der Waals surface area contributed by atoms with E-state index in [0.717, 1.165) is 24.1 Å². The van der Waals surface area contributed by atoms with Gasteiger partial charge in [-0.25, -0.2) is 0 Å². The molecule has 0 heterocycles. The Hall–Kier alpha value is -1.35. The highest BCUT2D eigenvalue weighted by atomic mass is 16.1. The summed E-state index contributed by atoms with van der Waals surface area (Å²) < 4.78 is 0. The van der Waals surface area contributed by atoms with Crippen molar-refractivity contribution in [3.8, 4) is 0 Å². The van der Waals surface area contributed by atoms with Crippen LogP contribution < -0.4 is 11.1 Å². The summed E-state index contributed by atoms with van der Waals surface area (Å²) in [5.41, 5.74) is 7.68. The molecule has 0 radical (unpaired) electrons. The number of rotatable bonds is 5. The minimum absolute atomic E-state index is 0.0267. The second kappa shape index (κ2) is 6.40. The van der Waals surface area contributed by atoms with E-state index in [0.29, 0.717) is 0 Å². The lowest BCUT2D eigenvalue weighted by molar-refractivity contribution is -0.120. The quantitative estimate of drug-likeness (QED) is 0.822. The Bertz CT molecular complexity index is 353. The number of amides is 1. The second-order valence-electron chi connectivity index (χ2n) is 4.41. The normalized spacial score (nSPS) is 12.5. The molecule has 0 bridgehead atoms. The first-order valence-corrected chi connectivity index (χ1v) is 6.24. The molecule has 1 unspecified atom stereocenters. The molecule has 0 spiro atoms. The monoisotopic (exact) mass is 234 g/mol. The lowest BCUT2D eigenvalue weighted by Gasteiger charge is -2.13. The number of carbonyl (C=O) groups excluding carboxylic acids is 1. The van der Waals surface area contributed by atoms with Crippen molar-refractivity contribution in [3.63, 3.8) is 0 Å². The van der Waals surface area contributed by atoms with E-state index < -0.39 is 0 Å². The van der Waals surface area contributed by atoms with Gasteiger partial charge in [-0.1, -0.05) is 26.0 Å². The molecule has 3 N–H and O–H groups in total. The Morgan fingerprint density at radius 2 is 1.76 bits per heavy atom. The van der Waals surface area contributed by atoms with Crippen LogP contribution in [-0.2, 0) is 4.79 Å². The van der Waals surface area contributed by atoms with Crippen LogP contribution in [0.4, 0.5) is 5.69 Å². The molecule has 1 atom stereocenters. The lowest BCUT2D eigenvalue weighted by atomic mass is 10.0. The van der Waals surface area contributed by atoms with Crippen molar-refractivity contribution in [2.24, 2.45) is 11.7 Å². The Labute approximate surface area is 103 Å². The molecule has 1 aromatic carbocycles. The Morgan fingerprint density at radius 3 is 2.18 bits per heavy atom. The first-order chi connectivity index (χ1) is 8.08. The number of anilines is 1. The van der Waals surface area contributed by atoms with Crippen molar-refractivity contribution < 1.29 is 4.79 Å². The summed E-state index contributed by atoms with van der Waals surface area (Å²) >= 11 is 0. The summed E-state index contributed by atoms with van der Waals surface area (Å²) in [7, 11) is 0. The number of nitrogens with two attached hydrogens (primary N) is 1. The zero-order valence-corrected chi connectivity index (χ0v) is 10.9. The van der Waals surface area contributed by atoms with Gasteiger partial charge in [-0.05, 0) is 37.5 Å². The van der Waals surface area contributed by atoms with Gasteiger partial charge >= 0.3 is 0 Å². The first kappa shape index (κ1) is 13.7. The van der Waals surface area contributed by atoms with Crippen molar-refractivity contribution in [1.29, 1.82) is 0 Å². The molecule has 0 aliphatic heterocycles. The zero-order valence-electron chi connectivity index (χ0n) is 10.9. The molecule has 1 aromatic rings. The molecule has 0 aliphatic carbocycles. The minimum atomic E-state index is 0.0267. The van der Waals surface area contributed by atoms with Crippen LogP contribution in [0.2, 0.25) is 0 Å². The molecular formula is C14H22N2O. The predicted octanol–water partition coefficient (Wildman–Crippen LogP) is 3.08. The zero-order chi connectivity index (χ0) is 12.8. The highest BCUT2D eigenvalue weighted by molar-refractivity contribution is 5.92. The number of hydrogen-bond donors (Lipinski definition) is 2. The third-order valence-corrected chi connectivity index (χ3v) is 3.06. The van der Waals surface area contributed by atoms with E-state index in [2.05, 4.69) is 5.32 Å². The van der Waals surface area contributed by atoms with Crippen LogP contribution in [-0.4, -0.2) is 5.91 Å². The maximum atomic E-state index is 11.9. The van der Waals surface area contributed by atoms with Gasteiger partial charge in [0.2, 0.25) is 5.91 Å². The summed E-state index contributed by atoms with van der Waals surface area (Å²) in [6.45, 7) is 6.01. The number of benzene rings is 1. The molecule has 17 heavy (non-hydrogen) atoms. The fraction of sp³-hybridized carbons (Fsp3) is 0.500. The maximum absolute atomic E-state index is 11.9. The van der Waals surface area contributed by atoms with E-state index in [-0.39, 0.29) is 17.9 Å². The third-order valence-electron chi connectivity index (χ3n) is 3.06.